The number of fused-ring (bicyclic) bond motifs is 1. The third-order valence-corrected chi connectivity index (χ3v) is 10.5. The molecule has 3 amide bonds. The second kappa shape index (κ2) is 16.7. The van der Waals surface area contributed by atoms with Crippen molar-refractivity contribution in [2.24, 2.45) is 11.8 Å². The van der Waals surface area contributed by atoms with Gasteiger partial charge < -0.3 is 34.6 Å². The van der Waals surface area contributed by atoms with Gasteiger partial charge in [-0.05, 0) is 76.3 Å². The Bertz CT molecular complexity index is 1560. The van der Waals surface area contributed by atoms with Crippen LogP contribution in [-0.2, 0) is 28.7 Å². The fourth-order valence-corrected chi connectivity index (χ4v) is 8.15. The lowest BCUT2D eigenvalue weighted by molar-refractivity contribution is -0.162. The highest BCUT2D eigenvalue weighted by molar-refractivity contribution is 6.04. The average Bonchev–Trinajstić information content (AvgIpc) is 3.79. The predicted octanol–water partition coefficient (Wildman–Crippen LogP) is 4.56. The second-order valence-electron chi connectivity index (χ2n) is 13.5. The van der Waals surface area contributed by atoms with E-state index in [1.807, 2.05) is 54.6 Å². The maximum Gasteiger partial charge on any atom is 0.313 e. The molecule has 3 saturated heterocycles. The molecule has 2 aromatic rings. The number of hydrogen-bond donors (Lipinski definition) is 2. The van der Waals surface area contributed by atoms with Gasteiger partial charge in [-0.2, -0.15) is 0 Å². The van der Waals surface area contributed by atoms with Gasteiger partial charge in [0.05, 0.1) is 24.0 Å². The number of nitrogens with zero attached hydrogens (tertiary/aromatic N) is 3. The summed E-state index contributed by atoms with van der Waals surface area (Å²) in [5.74, 6) is -3.38. The van der Waals surface area contributed by atoms with Crippen molar-refractivity contribution in [2.75, 3.05) is 42.6 Å². The number of likely N-dealkylation sites (tertiary alicyclic amines) is 1. The van der Waals surface area contributed by atoms with Crippen LogP contribution in [0.3, 0.4) is 0 Å². The molecular weight excluding hydrogens is 648 g/mol. The first-order valence-corrected chi connectivity index (χ1v) is 18.2. The van der Waals surface area contributed by atoms with Gasteiger partial charge in [0.2, 0.25) is 11.8 Å². The third kappa shape index (κ3) is 7.46. The molecule has 7 atom stereocenters. The standard InChI is InChI=1S/C40H52N4O7/c1-6-10-17-32(46)41-27(5)35(28-15-12-11-13-16-28)50-39(49)33-31-22-23-40(51-31)34(33)37(47)44(25-14-26-45)36(40)38(48)43(24-7-2)30-20-18-29(19-21-30)42(8-3)9-4/h6-7,11-13,15-16,18-21,27,31,33-36,45H,1-2,8-10,14,17,22-26H2,3-5H3,(H,41,46)/t27-,31+,33-,34-,35-,36+,40-/m1/s1. The van der Waals surface area contributed by atoms with E-state index in [0.717, 1.165) is 18.8 Å². The van der Waals surface area contributed by atoms with Crippen molar-refractivity contribution in [3.05, 3.63) is 85.5 Å². The number of carbonyl (C=O) groups is 4. The number of esters is 1. The number of rotatable bonds is 18. The van der Waals surface area contributed by atoms with Crippen molar-refractivity contribution in [3.63, 3.8) is 0 Å². The van der Waals surface area contributed by atoms with Gasteiger partial charge in [-0.25, -0.2) is 0 Å². The van der Waals surface area contributed by atoms with Crippen LogP contribution in [0.5, 0.6) is 0 Å². The zero-order chi connectivity index (χ0) is 36.7. The Morgan fingerprint density at radius 1 is 1.08 bits per heavy atom. The highest BCUT2D eigenvalue weighted by atomic mass is 16.6. The first-order chi connectivity index (χ1) is 24.6. The zero-order valence-corrected chi connectivity index (χ0v) is 30.0. The molecule has 3 aliphatic heterocycles. The van der Waals surface area contributed by atoms with Crippen molar-refractivity contribution in [2.45, 2.75) is 82.8 Å². The van der Waals surface area contributed by atoms with E-state index in [2.05, 4.69) is 37.2 Å². The minimum Gasteiger partial charge on any atom is -0.455 e. The number of allylic oxidation sites excluding steroid dienone is 1. The maximum absolute atomic E-state index is 14.8. The number of ether oxygens (including phenoxy) is 2. The second-order valence-corrected chi connectivity index (χ2v) is 13.5. The molecular formula is C40H52N4O7. The first kappa shape index (κ1) is 37.8. The Hall–Kier alpha value is -4.48. The summed E-state index contributed by atoms with van der Waals surface area (Å²) in [5.41, 5.74) is 1.14. The molecule has 2 N–H and O–H groups in total. The van der Waals surface area contributed by atoms with Crippen molar-refractivity contribution >= 4 is 35.1 Å². The molecule has 0 radical (unpaired) electrons. The molecule has 51 heavy (non-hydrogen) atoms. The minimum atomic E-state index is -1.24. The van der Waals surface area contributed by atoms with E-state index >= 15 is 0 Å². The monoisotopic (exact) mass is 700 g/mol. The first-order valence-electron chi connectivity index (χ1n) is 18.2. The van der Waals surface area contributed by atoms with Gasteiger partial charge in [0.1, 0.15) is 17.7 Å². The predicted molar refractivity (Wildman–Crippen MR) is 196 cm³/mol. The highest BCUT2D eigenvalue weighted by Gasteiger charge is 2.75. The van der Waals surface area contributed by atoms with Crippen LogP contribution in [0.1, 0.15) is 64.5 Å². The summed E-state index contributed by atoms with van der Waals surface area (Å²) in [6, 6.07) is 15.3. The molecule has 2 bridgehead atoms. The molecule has 0 aromatic heterocycles. The Balaban J connectivity index is 1.46. The van der Waals surface area contributed by atoms with Crippen LogP contribution in [0.4, 0.5) is 11.4 Å². The van der Waals surface area contributed by atoms with Gasteiger partial charge in [-0.15, -0.1) is 13.2 Å². The van der Waals surface area contributed by atoms with Crippen LogP contribution in [-0.4, -0.2) is 90.3 Å². The average molecular weight is 701 g/mol. The third-order valence-electron chi connectivity index (χ3n) is 10.5. The van der Waals surface area contributed by atoms with Gasteiger partial charge in [0.25, 0.3) is 5.91 Å². The van der Waals surface area contributed by atoms with E-state index in [1.165, 1.54) is 4.90 Å². The van der Waals surface area contributed by atoms with Crippen LogP contribution in [0.25, 0.3) is 0 Å². The topological polar surface area (TPSA) is 129 Å². The van der Waals surface area contributed by atoms with Crippen LogP contribution in [0, 0.1) is 11.8 Å². The van der Waals surface area contributed by atoms with Crippen LogP contribution < -0.4 is 15.1 Å². The summed E-state index contributed by atoms with van der Waals surface area (Å²) >= 11 is 0. The Morgan fingerprint density at radius 2 is 1.76 bits per heavy atom. The van der Waals surface area contributed by atoms with Gasteiger partial charge in [0, 0.05) is 50.6 Å². The summed E-state index contributed by atoms with van der Waals surface area (Å²) in [7, 11) is 0. The molecule has 11 nitrogen and oxygen atoms in total. The number of amides is 3. The molecule has 5 rings (SSSR count). The SMILES string of the molecule is C=CCCC(=O)N[C@H](C)[C@@H](OC(=O)[C@@H]1[C@@H]2CC[C@]3(O2)[C@H](C(=O)N(CC=C)c2ccc(N(CC)CC)cc2)N(CCCO)C(=O)[C@@H]13)c1ccccc1. The Labute approximate surface area is 301 Å². The van der Waals surface area contributed by atoms with Crippen molar-refractivity contribution in [1.82, 2.24) is 10.2 Å². The highest BCUT2D eigenvalue weighted by Crippen LogP contribution is 2.59. The zero-order valence-electron chi connectivity index (χ0n) is 30.0. The quantitative estimate of drug-likeness (QED) is 0.171. The maximum atomic E-state index is 14.8. The van der Waals surface area contributed by atoms with E-state index in [1.54, 1.807) is 24.0 Å². The molecule has 3 aliphatic rings. The number of carbonyl (C=O) groups excluding carboxylic acids is 4. The number of aliphatic hydroxyl groups is 1. The molecule has 0 saturated carbocycles. The Morgan fingerprint density at radius 3 is 2.39 bits per heavy atom. The van der Waals surface area contributed by atoms with Crippen LogP contribution >= 0.6 is 0 Å². The lowest BCUT2D eigenvalue weighted by atomic mass is 9.70. The lowest BCUT2D eigenvalue weighted by Crippen LogP contribution is -2.56. The van der Waals surface area contributed by atoms with E-state index in [0.29, 0.717) is 30.5 Å². The molecule has 2 aromatic carbocycles. The molecule has 3 heterocycles. The van der Waals surface area contributed by atoms with Crippen molar-refractivity contribution in [1.29, 1.82) is 0 Å². The molecule has 274 valence electrons. The lowest BCUT2D eigenvalue weighted by Gasteiger charge is -2.37. The van der Waals surface area contributed by atoms with Crippen molar-refractivity contribution < 1.29 is 33.8 Å². The fraction of sp³-hybridized carbons (Fsp3) is 0.500. The smallest absolute Gasteiger partial charge is 0.313 e. The molecule has 1 spiro atoms. The van der Waals surface area contributed by atoms with Gasteiger partial charge >= 0.3 is 5.97 Å². The van der Waals surface area contributed by atoms with Crippen LogP contribution in [0.2, 0.25) is 0 Å². The molecule has 0 aliphatic carbocycles. The largest absolute Gasteiger partial charge is 0.455 e. The van der Waals surface area contributed by atoms with Gasteiger partial charge in [0.15, 0.2) is 0 Å². The van der Waals surface area contributed by atoms with Crippen molar-refractivity contribution in [3.8, 4) is 0 Å². The van der Waals surface area contributed by atoms with E-state index in [4.69, 9.17) is 9.47 Å². The summed E-state index contributed by atoms with van der Waals surface area (Å²) < 4.78 is 12.9. The summed E-state index contributed by atoms with van der Waals surface area (Å²) in [4.78, 5) is 61.5. The number of benzene rings is 2. The summed E-state index contributed by atoms with van der Waals surface area (Å²) in [6.45, 7) is 15.4. The number of nitrogens with one attached hydrogen (secondary N) is 1. The minimum absolute atomic E-state index is 0.128. The molecule has 3 fully saturated rings. The molecule has 0 unspecified atom stereocenters. The number of anilines is 2. The number of hydrogen-bond acceptors (Lipinski definition) is 8. The normalized spacial score (nSPS) is 24.4. The van der Waals surface area contributed by atoms with Gasteiger partial charge in [-0.1, -0.05) is 42.5 Å². The van der Waals surface area contributed by atoms with E-state index in [9.17, 15) is 24.3 Å². The van der Waals surface area contributed by atoms with Gasteiger partial charge in [-0.3, -0.25) is 19.2 Å². The van der Waals surface area contributed by atoms with Crippen LogP contribution in [0.15, 0.2) is 79.9 Å². The fourth-order valence-electron chi connectivity index (χ4n) is 8.15. The van der Waals surface area contributed by atoms with E-state index < -0.39 is 47.7 Å². The number of aliphatic hydroxyl groups excluding tert-OH is 1. The summed E-state index contributed by atoms with van der Waals surface area (Å²) in [5, 5.41) is 12.7. The Kier molecular flexibility index (Phi) is 12.4. The molecule has 11 heteroatoms. The van der Waals surface area contributed by atoms with E-state index in [-0.39, 0.29) is 50.3 Å². The summed E-state index contributed by atoms with van der Waals surface area (Å²) in [6.07, 6.45) is 3.80.